The molecule has 0 bridgehead atoms. The molecule has 27 heavy (non-hydrogen) atoms. The number of aryl methyl sites for hydroxylation is 1. The van der Waals surface area contributed by atoms with Gasteiger partial charge in [0.2, 0.25) is 0 Å². The van der Waals surface area contributed by atoms with Crippen LogP contribution in [0.1, 0.15) is 27.2 Å². The summed E-state index contributed by atoms with van der Waals surface area (Å²) in [5.74, 6) is 1.43. The van der Waals surface area contributed by atoms with E-state index in [9.17, 15) is 9.90 Å². The van der Waals surface area contributed by atoms with Gasteiger partial charge in [-0.05, 0) is 60.9 Å². The Kier molecular flexibility index (Phi) is 4.46. The number of nitrogens with zero attached hydrogens (tertiary/aromatic N) is 3. The first kappa shape index (κ1) is 17.0. The number of nitrogens with one attached hydrogen (secondary N) is 1. The number of fused-ring (bicyclic) bond motifs is 1. The number of pyridine rings is 2. The Bertz CT molecular complexity index is 986. The number of carbonyl (C=O) groups excluding carboxylic acids is 1. The predicted molar refractivity (Wildman–Crippen MR) is 104 cm³/mol. The van der Waals surface area contributed by atoms with Crippen LogP contribution in [0.4, 0.5) is 11.6 Å². The van der Waals surface area contributed by atoms with E-state index in [2.05, 4.69) is 20.2 Å². The second-order valence-corrected chi connectivity index (χ2v) is 6.65. The third kappa shape index (κ3) is 3.74. The Morgan fingerprint density at radius 1 is 1.15 bits per heavy atom. The Hall–Kier alpha value is -3.41. The van der Waals surface area contributed by atoms with Gasteiger partial charge in [0.1, 0.15) is 17.4 Å². The molecule has 0 radical (unpaired) electrons. The predicted octanol–water partition coefficient (Wildman–Crippen LogP) is 3.31. The standard InChI is InChI=1S/C21H20N4O2/c1-14-3-2-4-19(23-14)24-21(27)16-6-8-20(22-12-16)25-10-9-15-11-18(26)7-5-17(15)13-25/h2-8,11-12,26H,9-10,13H2,1H3,(H,23,24,27). The van der Waals surface area contributed by atoms with Crippen LogP contribution in [0.25, 0.3) is 0 Å². The Balaban J connectivity index is 1.46. The molecule has 1 aromatic carbocycles. The van der Waals surface area contributed by atoms with E-state index in [1.165, 1.54) is 11.1 Å². The second-order valence-electron chi connectivity index (χ2n) is 6.65. The van der Waals surface area contributed by atoms with Gasteiger partial charge in [0.15, 0.2) is 0 Å². The van der Waals surface area contributed by atoms with Gasteiger partial charge in [-0.3, -0.25) is 4.79 Å². The highest BCUT2D eigenvalue weighted by molar-refractivity contribution is 6.03. The molecule has 1 aliphatic rings. The molecular formula is C21H20N4O2. The summed E-state index contributed by atoms with van der Waals surface area (Å²) < 4.78 is 0. The summed E-state index contributed by atoms with van der Waals surface area (Å²) in [6.07, 6.45) is 2.44. The highest BCUT2D eigenvalue weighted by Gasteiger charge is 2.18. The minimum atomic E-state index is -0.230. The van der Waals surface area contributed by atoms with E-state index in [1.54, 1.807) is 24.4 Å². The Morgan fingerprint density at radius 2 is 2.04 bits per heavy atom. The van der Waals surface area contributed by atoms with Crippen molar-refractivity contribution < 1.29 is 9.90 Å². The summed E-state index contributed by atoms with van der Waals surface area (Å²) in [5, 5.41) is 12.4. The van der Waals surface area contributed by atoms with Crippen LogP contribution in [0.5, 0.6) is 5.75 Å². The maximum absolute atomic E-state index is 12.4. The lowest BCUT2D eigenvalue weighted by molar-refractivity contribution is 0.102. The normalized spacial score (nSPS) is 13.1. The van der Waals surface area contributed by atoms with Gasteiger partial charge in [-0.1, -0.05) is 12.1 Å². The van der Waals surface area contributed by atoms with Crippen molar-refractivity contribution in [3.8, 4) is 5.75 Å². The summed E-state index contributed by atoms with van der Waals surface area (Å²) in [7, 11) is 0. The van der Waals surface area contributed by atoms with Crippen molar-refractivity contribution in [2.75, 3.05) is 16.8 Å². The lowest BCUT2D eigenvalue weighted by atomic mass is 9.99. The lowest BCUT2D eigenvalue weighted by Gasteiger charge is -2.29. The zero-order chi connectivity index (χ0) is 18.8. The molecule has 6 heteroatoms. The fraction of sp³-hybridized carbons (Fsp3) is 0.190. The zero-order valence-electron chi connectivity index (χ0n) is 15.0. The molecule has 2 N–H and O–H groups in total. The first-order valence-electron chi connectivity index (χ1n) is 8.85. The third-order valence-corrected chi connectivity index (χ3v) is 4.67. The summed E-state index contributed by atoms with van der Waals surface area (Å²) in [6, 6.07) is 14.6. The minimum absolute atomic E-state index is 0.230. The van der Waals surface area contributed by atoms with Gasteiger partial charge in [-0.25, -0.2) is 9.97 Å². The molecule has 1 aliphatic heterocycles. The van der Waals surface area contributed by atoms with E-state index < -0.39 is 0 Å². The molecule has 1 amide bonds. The summed E-state index contributed by atoms with van der Waals surface area (Å²) in [6.45, 7) is 3.44. The molecule has 3 aromatic rings. The largest absolute Gasteiger partial charge is 0.508 e. The highest BCUT2D eigenvalue weighted by Crippen LogP contribution is 2.26. The summed E-state index contributed by atoms with van der Waals surface area (Å²) in [4.78, 5) is 23.3. The molecule has 0 atom stereocenters. The number of hydrogen-bond acceptors (Lipinski definition) is 5. The average Bonchev–Trinajstić information content (AvgIpc) is 2.68. The molecule has 0 unspecified atom stereocenters. The molecular weight excluding hydrogens is 340 g/mol. The van der Waals surface area contributed by atoms with Crippen LogP contribution in [0.15, 0.2) is 54.7 Å². The number of phenols is 1. The van der Waals surface area contributed by atoms with Gasteiger partial charge in [0.05, 0.1) is 5.56 Å². The third-order valence-electron chi connectivity index (χ3n) is 4.67. The van der Waals surface area contributed by atoms with Crippen molar-refractivity contribution in [1.29, 1.82) is 0 Å². The number of aromatic nitrogens is 2. The van der Waals surface area contributed by atoms with E-state index in [1.807, 2.05) is 37.3 Å². The first-order chi connectivity index (χ1) is 13.1. The molecule has 0 saturated heterocycles. The monoisotopic (exact) mass is 360 g/mol. The minimum Gasteiger partial charge on any atom is -0.508 e. The van der Waals surface area contributed by atoms with Gasteiger partial charge in [0.25, 0.3) is 5.91 Å². The van der Waals surface area contributed by atoms with Crippen LogP contribution in [0.3, 0.4) is 0 Å². The van der Waals surface area contributed by atoms with Gasteiger partial charge in [0, 0.05) is 25.0 Å². The molecule has 0 aliphatic carbocycles. The molecule has 6 nitrogen and oxygen atoms in total. The van der Waals surface area contributed by atoms with Crippen LogP contribution in [0.2, 0.25) is 0 Å². The summed E-state index contributed by atoms with van der Waals surface area (Å²) >= 11 is 0. The molecule has 136 valence electrons. The van der Waals surface area contributed by atoms with Crippen molar-refractivity contribution in [2.24, 2.45) is 0 Å². The van der Waals surface area contributed by atoms with E-state index >= 15 is 0 Å². The number of anilines is 2. The number of aromatic hydroxyl groups is 1. The van der Waals surface area contributed by atoms with Crippen LogP contribution in [-0.2, 0) is 13.0 Å². The van der Waals surface area contributed by atoms with Crippen LogP contribution in [-0.4, -0.2) is 27.5 Å². The fourth-order valence-electron chi connectivity index (χ4n) is 3.24. The number of amides is 1. The average molecular weight is 360 g/mol. The van der Waals surface area contributed by atoms with E-state index in [-0.39, 0.29) is 5.91 Å². The van der Waals surface area contributed by atoms with Crippen molar-refractivity contribution in [3.05, 3.63) is 77.1 Å². The number of carbonyl (C=O) groups is 1. The molecule has 2 aromatic heterocycles. The number of rotatable bonds is 3. The second kappa shape index (κ2) is 7.07. The van der Waals surface area contributed by atoms with Gasteiger partial charge in [-0.15, -0.1) is 0 Å². The van der Waals surface area contributed by atoms with E-state index in [0.29, 0.717) is 17.1 Å². The van der Waals surface area contributed by atoms with Crippen LogP contribution in [0, 0.1) is 6.92 Å². The Morgan fingerprint density at radius 3 is 2.81 bits per heavy atom. The van der Waals surface area contributed by atoms with E-state index in [0.717, 1.165) is 31.0 Å². The highest BCUT2D eigenvalue weighted by atomic mass is 16.3. The van der Waals surface area contributed by atoms with Crippen molar-refractivity contribution >= 4 is 17.5 Å². The van der Waals surface area contributed by atoms with Crippen molar-refractivity contribution in [1.82, 2.24) is 9.97 Å². The van der Waals surface area contributed by atoms with Crippen LogP contribution < -0.4 is 10.2 Å². The van der Waals surface area contributed by atoms with Crippen molar-refractivity contribution in [3.63, 3.8) is 0 Å². The molecule has 3 heterocycles. The molecule has 0 saturated carbocycles. The van der Waals surface area contributed by atoms with Gasteiger partial charge in [-0.2, -0.15) is 0 Å². The molecule has 0 spiro atoms. The van der Waals surface area contributed by atoms with Gasteiger partial charge < -0.3 is 15.3 Å². The number of benzene rings is 1. The van der Waals surface area contributed by atoms with E-state index in [4.69, 9.17) is 0 Å². The summed E-state index contributed by atoms with van der Waals surface area (Å²) in [5.41, 5.74) is 3.70. The maximum Gasteiger partial charge on any atom is 0.258 e. The number of phenolic OH excluding ortho intramolecular Hbond substituents is 1. The number of hydrogen-bond donors (Lipinski definition) is 2. The lowest BCUT2D eigenvalue weighted by Crippen LogP contribution is -2.31. The fourth-order valence-corrected chi connectivity index (χ4v) is 3.24. The SMILES string of the molecule is Cc1cccc(NC(=O)c2ccc(N3CCc4cc(O)ccc4C3)nc2)n1. The molecule has 4 rings (SSSR count). The maximum atomic E-state index is 12.4. The first-order valence-corrected chi connectivity index (χ1v) is 8.85. The van der Waals surface area contributed by atoms with Crippen LogP contribution >= 0.6 is 0 Å². The molecule has 0 fully saturated rings. The Labute approximate surface area is 157 Å². The topological polar surface area (TPSA) is 78.4 Å². The van der Waals surface area contributed by atoms with Crippen molar-refractivity contribution in [2.45, 2.75) is 19.9 Å². The quantitative estimate of drug-likeness (QED) is 0.749. The zero-order valence-corrected chi connectivity index (χ0v) is 15.0. The smallest absolute Gasteiger partial charge is 0.258 e. The van der Waals surface area contributed by atoms with Gasteiger partial charge >= 0.3 is 0 Å².